The van der Waals surface area contributed by atoms with Crippen LogP contribution in [0.4, 0.5) is 0 Å². The number of nitrogens with zero attached hydrogens (tertiary/aromatic N) is 1. The molecule has 2 aromatic heterocycles. The summed E-state index contributed by atoms with van der Waals surface area (Å²) >= 11 is 0. The van der Waals surface area contributed by atoms with Gasteiger partial charge in [-0.3, -0.25) is 5.10 Å². The van der Waals surface area contributed by atoms with Crippen molar-refractivity contribution in [2.45, 2.75) is 33.4 Å². The molecule has 4 nitrogen and oxygen atoms in total. The average molecular weight is 344 g/mol. The third-order valence-corrected chi connectivity index (χ3v) is 5.00. The van der Waals surface area contributed by atoms with Gasteiger partial charge in [0.25, 0.3) is 0 Å². The van der Waals surface area contributed by atoms with Gasteiger partial charge in [-0.05, 0) is 42.2 Å². The van der Waals surface area contributed by atoms with Crippen molar-refractivity contribution in [3.05, 3.63) is 77.1 Å². The highest BCUT2D eigenvalue weighted by Crippen LogP contribution is 2.24. The maximum absolute atomic E-state index is 4.22. The van der Waals surface area contributed by atoms with Crippen LogP contribution in [0.5, 0.6) is 0 Å². The summed E-state index contributed by atoms with van der Waals surface area (Å²) in [6.07, 6.45) is 2.94. The first-order valence-corrected chi connectivity index (χ1v) is 9.14. The van der Waals surface area contributed by atoms with E-state index in [1.54, 1.807) is 0 Å². The highest BCUT2D eigenvalue weighted by Gasteiger charge is 2.09. The molecule has 0 amide bonds. The zero-order chi connectivity index (χ0) is 17.9. The molecule has 0 spiro atoms. The molecule has 0 radical (unpaired) electrons. The fraction of sp³-hybridized carbons (Fsp3) is 0.227. The van der Waals surface area contributed by atoms with Crippen LogP contribution in [0, 0.1) is 6.92 Å². The molecular weight excluding hydrogens is 320 g/mol. The lowest BCUT2D eigenvalue weighted by Gasteiger charge is -2.07. The lowest BCUT2D eigenvalue weighted by atomic mass is 10.1. The Morgan fingerprint density at radius 1 is 1.04 bits per heavy atom. The van der Waals surface area contributed by atoms with Gasteiger partial charge in [0, 0.05) is 35.2 Å². The Labute approximate surface area is 153 Å². The van der Waals surface area contributed by atoms with Crippen molar-refractivity contribution in [1.29, 1.82) is 0 Å². The topological polar surface area (TPSA) is 56.5 Å². The van der Waals surface area contributed by atoms with Gasteiger partial charge in [0.1, 0.15) is 0 Å². The molecule has 26 heavy (non-hydrogen) atoms. The largest absolute Gasteiger partial charge is 0.358 e. The molecule has 0 unspecified atom stereocenters. The molecule has 0 aliphatic heterocycles. The summed E-state index contributed by atoms with van der Waals surface area (Å²) in [5, 5.41) is 12.2. The molecule has 0 aliphatic carbocycles. The maximum atomic E-state index is 4.22. The fourth-order valence-corrected chi connectivity index (χ4v) is 3.53. The molecule has 4 heteroatoms. The number of aryl methyl sites for hydroxylation is 2. The van der Waals surface area contributed by atoms with Gasteiger partial charge in [-0.1, -0.05) is 43.3 Å². The zero-order valence-electron chi connectivity index (χ0n) is 15.3. The third-order valence-electron chi connectivity index (χ3n) is 5.00. The van der Waals surface area contributed by atoms with Gasteiger partial charge in [-0.25, -0.2) is 0 Å². The van der Waals surface area contributed by atoms with Crippen molar-refractivity contribution in [3.8, 4) is 11.3 Å². The summed E-state index contributed by atoms with van der Waals surface area (Å²) in [7, 11) is 0. The van der Waals surface area contributed by atoms with Crippen LogP contribution in [0.1, 0.15) is 29.3 Å². The van der Waals surface area contributed by atoms with E-state index in [4.69, 9.17) is 0 Å². The normalized spacial score (nSPS) is 11.3. The Morgan fingerprint density at radius 3 is 2.69 bits per heavy atom. The average Bonchev–Trinajstić information content (AvgIpc) is 3.27. The number of hydrogen-bond acceptors (Lipinski definition) is 2. The molecule has 0 bridgehead atoms. The predicted octanol–water partition coefficient (Wildman–Crippen LogP) is 4.72. The first-order valence-electron chi connectivity index (χ1n) is 9.14. The zero-order valence-corrected chi connectivity index (χ0v) is 15.3. The quantitative estimate of drug-likeness (QED) is 0.474. The second-order valence-corrected chi connectivity index (χ2v) is 6.70. The molecule has 4 aromatic rings. The first kappa shape index (κ1) is 16.6. The van der Waals surface area contributed by atoms with Crippen molar-refractivity contribution in [3.63, 3.8) is 0 Å². The van der Waals surface area contributed by atoms with E-state index in [1.807, 2.05) is 24.4 Å². The van der Waals surface area contributed by atoms with Crippen LogP contribution < -0.4 is 5.32 Å². The van der Waals surface area contributed by atoms with Crippen LogP contribution in [0.25, 0.3) is 22.2 Å². The van der Waals surface area contributed by atoms with Gasteiger partial charge in [0.15, 0.2) is 0 Å². The molecule has 2 aromatic carbocycles. The molecule has 3 N–H and O–H groups in total. The highest BCUT2D eigenvalue weighted by molar-refractivity contribution is 5.85. The van der Waals surface area contributed by atoms with Crippen LogP contribution in [0.2, 0.25) is 0 Å². The molecular formula is C22H24N4. The standard InChI is InChI=1S/C22H24N4/c1-3-20-15(2)19-11-16(9-10-21(19)25-20)12-23-13-18-14-24-26-22(18)17-7-5-4-6-8-17/h4-11,14,23,25H,3,12-13H2,1-2H3,(H,24,26). The molecule has 0 saturated heterocycles. The van der Waals surface area contributed by atoms with E-state index < -0.39 is 0 Å². The lowest BCUT2D eigenvalue weighted by molar-refractivity contribution is 0.695. The number of nitrogens with one attached hydrogen (secondary N) is 3. The Hall–Kier alpha value is -2.85. The molecule has 4 rings (SSSR count). The van der Waals surface area contributed by atoms with Gasteiger partial charge in [0.05, 0.1) is 11.9 Å². The van der Waals surface area contributed by atoms with Gasteiger partial charge >= 0.3 is 0 Å². The van der Waals surface area contributed by atoms with Gasteiger partial charge in [-0.2, -0.15) is 5.10 Å². The van der Waals surface area contributed by atoms with E-state index in [-0.39, 0.29) is 0 Å². The molecule has 132 valence electrons. The minimum absolute atomic E-state index is 0.783. The minimum Gasteiger partial charge on any atom is -0.358 e. The SMILES string of the molecule is CCc1[nH]c2ccc(CNCc3cn[nH]c3-c3ccccc3)cc2c1C. The van der Waals surface area contributed by atoms with Crippen molar-refractivity contribution in [1.82, 2.24) is 20.5 Å². The van der Waals surface area contributed by atoms with Gasteiger partial charge < -0.3 is 10.3 Å². The van der Waals surface area contributed by atoms with E-state index in [0.717, 1.165) is 25.2 Å². The number of rotatable bonds is 6. The Morgan fingerprint density at radius 2 is 1.88 bits per heavy atom. The Kier molecular flexibility index (Phi) is 4.59. The van der Waals surface area contributed by atoms with Gasteiger partial charge in [-0.15, -0.1) is 0 Å². The summed E-state index contributed by atoms with van der Waals surface area (Å²) in [6, 6.07) is 17.0. The molecule has 0 atom stereocenters. The molecule has 0 fully saturated rings. The lowest BCUT2D eigenvalue weighted by Crippen LogP contribution is -2.12. The number of fused-ring (bicyclic) bond motifs is 1. The monoisotopic (exact) mass is 344 g/mol. The predicted molar refractivity (Wildman–Crippen MR) is 107 cm³/mol. The van der Waals surface area contributed by atoms with Crippen molar-refractivity contribution in [2.75, 3.05) is 0 Å². The number of H-pyrrole nitrogens is 2. The van der Waals surface area contributed by atoms with Crippen LogP contribution >= 0.6 is 0 Å². The minimum atomic E-state index is 0.783. The summed E-state index contributed by atoms with van der Waals surface area (Å²) < 4.78 is 0. The number of benzene rings is 2. The van der Waals surface area contributed by atoms with Crippen LogP contribution in [-0.4, -0.2) is 15.2 Å². The van der Waals surface area contributed by atoms with Crippen LogP contribution in [0.3, 0.4) is 0 Å². The number of aromatic nitrogens is 3. The smallest absolute Gasteiger partial charge is 0.0695 e. The second-order valence-electron chi connectivity index (χ2n) is 6.70. The molecule has 0 aliphatic rings. The van der Waals surface area contributed by atoms with E-state index >= 15 is 0 Å². The number of aromatic amines is 2. The second kappa shape index (κ2) is 7.18. The Bertz CT molecular complexity index is 1010. The summed E-state index contributed by atoms with van der Waals surface area (Å²) in [4.78, 5) is 3.51. The van der Waals surface area contributed by atoms with Crippen LogP contribution in [-0.2, 0) is 19.5 Å². The fourth-order valence-electron chi connectivity index (χ4n) is 3.53. The van der Waals surface area contributed by atoms with Crippen LogP contribution in [0.15, 0.2) is 54.7 Å². The highest BCUT2D eigenvalue weighted by atomic mass is 15.1. The van der Waals surface area contributed by atoms with Gasteiger partial charge in [0.2, 0.25) is 0 Å². The van der Waals surface area contributed by atoms with E-state index in [9.17, 15) is 0 Å². The van der Waals surface area contributed by atoms with E-state index in [0.29, 0.717) is 0 Å². The first-order chi connectivity index (χ1) is 12.8. The summed E-state index contributed by atoms with van der Waals surface area (Å²) in [5.74, 6) is 0. The van der Waals surface area contributed by atoms with Crippen molar-refractivity contribution < 1.29 is 0 Å². The molecule has 2 heterocycles. The summed E-state index contributed by atoms with van der Waals surface area (Å²) in [6.45, 7) is 6.01. The maximum Gasteiger partial charge on any atom is 0.0695 e. The van der Waals surface area contributed by atoms with Crippen molar-refractivity contribution >= 4 is 10.9 Å². The molecule has 0 saturated carbocycles. The summed E-state index contributed by atoms with van der Waals surface area (Å²) in [5.41, 5.74) is 8.65. The van der Waals surface area contributed by atoms with E-state index in [2.05, 4.69) is 64.7 Å². The van der Waals surface area contributed by atoms with E-state index in [1.165, 1.54) is 38.9 Å². The third kappa shape index (κ3) is 3.16. The Balaban J connectivity index is 1.47. The number of hydrogen-bond donors (Lipinski definition) is 3. The van der Waals surface area contributed by atoms with Crippen molar-refractivity contribution in [2.24, 2.45) is 0 Å².